The maximum absolute atomic E-state index is 6.30. The molecule has 0 amide bonds. The van der Waals surface area contributed by atoms with Crippen LogP contribution in [-0.4, -0.2) is 12.6 Å². The van der Waals surface area contributed by atoms with Crippen molar-refractivity contribution in [1.29, 1.82) is 0 Å². The molecular formula is C16H24ClNO. The first-order valence-electron chi connectivity index (χ1n) is 7.38. The van der Waals surface area contributed by atoms with Crippen LogP contribution in [0.25, 0.3) is 0 Å². The van der Waals surface area contributed by atoms with E-state index in [2.05, 4.69) is 19.2 Å². The average Bonchev–Trinajstić information content (AvgIpc) is 3.23. The van der Waals surface area contributed by atoms with Crippen LogP contribution in [0.5, 0.6) is 5.75 Å². The Morgan fingerprint density at radius 1 is 1.32 bits per heavy atom. The molecule has 1 aliphatic rings. The van der Waals surface area contributed by atoms with Crippen molar-refractivity contribution in [2.24, 2.45) is 5.92 Å². The Bertz CT molecular complexity index is 400. The van der Waals surface area contributed by atoms with E-state index in [1.54, 1.807) is 0 Å². The summed E-state index contributed by atoms with van der Waals surface area (Å²) < 4.78 is 5.99. The average molecular weight is 282 g/mol. The van der Waals surface area contributed by atoms with Gasteiger partial charge in [-0.2, -0.15) is 0 Å². The zero-order chi connectivity index (χ0) is 13.7. The molecule has 1 aromatic carbocycles. The second-order valence-electron chi connectivity index (χ2n) is 5.37. The van der Waals surface area contributed by atoms with E-state index in [4.69, 9.17) is 16.3 Å². The molecule has 0 aromatic heterocycles. The van der Waals surface area contributed by atoms with Crippen LogP contribution >= 0.6 is 11.6 Å². The molecule has 106 valence electrons. The van der Waals surface area contributed by atoms with Gasteiger partial charge in [0.05, 0.1) is 6.61 Å². The van der Waals surface area contributed by atoms with Gasteiger partial charge in [0.25, 0.3) is 0 Å². The molecule has 0 spiro atoms. The highest BCUT2D eigenvalue weighted by molar-refractivity contribution is 6.31. The fraction of sp³-hybridized carbons (Fsp3) is 0.625. The summed E-state index contributed by atoms with van der Waals surface area (Å²) >= 11 is 6.30. The Hall–Kier alpha value is -0.730. The Morgan fingerprint density at radius 3 is 2.68 bits per heavy atom. The zero-order valence-corrected chi connectivity index (χ0v) is 12.7. The highest BCUT2D eigenvalue weighted by Crippen LogP contribution is 2.28. The van der Waals surface area contributed by atoms with Crippen LogP contribution in [0.1, 0.15) is 45.1 Å². The highest BCUT2D eigenvalue weighted by atomic mass is 35.5. The standard InChI is InChI=1S/C16H24ClNO/c1-3-12(4-2)11-19-16-7-5-6-15(17)14(16)10-18-13-8-9-13/h5-7,12-13,18H,3-4,8-11H2,1-2H3. The number of benzene rings is 1. The lowest BCUT2D eigenvalue weighted by molar-refractivity contribution is 0.238. The van der Waals surface area contributed by atoms with Gasteiger partial charge < -0.3 is 10.1 Å². The minimum absolute atomic E-state index is 0.628. The maximum Gasteiger partial charge on any atom is 0.125 e. The largest absolute Gasteiger partial charge is 0.493 e. The molecule has 0 atom stereocenters. The summed E-state index contributed by atoms with van der Waals surface area (Å²) in [6.45, 7) is 6.02. The van der Waals surface area contributed by atoms with Crippen LogP contribution in [0, 0.1) is 5.92 Å². The fourth-order valence-corrected chi connectivity index (χ4v) is 2.34. The second kappa shape index (κ2) is 7.16. The summed E-state index contributed by atoms with van der Waals surface area (Å²) in [6, 6.07) is 6.61. The van der Waals surface area contributed by atoms with Crippen LogP contribution in [0.15, 0.2) is 18.2 Å². The number of hydrogen-bond donors (Lipinski definition) is 1. The fourth-order valence-electron chi connectivity index (χ4n) is 2.11. The van der Waals surface area contributed by atoms with Crippen molar-refractivity contribution in [2.75, 3.05) is 6.61 Å². The van der Waals surface area contributed by atoms with E-state index in [1.807, 2.05) is 18.2 Å². The lowest BCUT2D eigenvalue weighted by Crippen LogP contribution is -2.17. The Kier molecular flexibility index (Phi) is 5.53. The van der Waals surface area contributed by atoms with Crippen molar-refractivity contribution in [1.82, 2.24) is 5.32 Å². The Balaban J connectivity index is 1.98. The first-order valence-corrected chi connectivity index (χ1v) is 7.75. The minimum atomic E-state index is 0.628. The highest BCUT2D eigenvalue weighted by Gasteiger charge is 2.21. The first-order chi connectivity index (χ1) is 9.24. The SMILES string of the molecule is CCC(CC)COc1cccc(Cl)c1CNC1CC1. The molecule has 1 aliphatic carbocycles. The van der Waals surface area contributed by atoms with Gasteiger partial charge in [-0.05, 0) is 30.9 Å². The molecular weight excluding hydrogens is 258 g/mol. The van der Waals surface area contributed by atoms with Crippen LogP contribution < -0.4 is 10.1 Å². The number of ether oxygens (including phenoxy) is 1. The third-order valence-corrected chi connectivity index (χ3v) is 4.20. The summed E-state index contributed by atoms with van der Waals surface area (Å²) in [4.78, 5) is 0. The summed E-state index contributed by atoms with van der Waals surface area (Å²) in [5.74, 6) is 1.57. The smallest absolute Gasteiger partial charge is 0.125 e. The summed E-state index contributed by atoms with van der Waals surface area (Å²) in [5, 5.41) is 4.31. The Morgan fingerprint density at radius 2 is 2.05 bits per heavy atom. The molecule has 0 heterocycles. The van der Waals surface area contributed by atoms with Crippen molar-refractivity contribution < 1.29 is 4.74 Å². The van der Waals surface area contributed by atoms with E-state index in [1.165, 1.54) is 12.8 Å². The number of halogens is 1. The summed E-state index contributed by atoms with van der Waals surface area (Å²) in [7, 11) is 0. The van der Waals surface area contributed by atoms with E-state index >= 15 is 0 Å². The molecule has 19 heavy (non-hydrogen) atoms. The quantitative estimate of drug-likeness (QED) is 0.762. The van der Waals surface area contributed by atoms with Crippen LogP contribution in [0.2, 0.25) is 5.02 Å². The molecule has 1 N–H and O–H groups in total. The summed E-state index contributed by atoms with van der Waals surface area (Å²) in [5.41, 5.74) is 1.10. The van der Waals surface area contributed by atoms with E-state index in [-0.39, 0.29) is 0 Å². The molecule has 3 heteroatoms. The van der Waals surface area contributed by atoms with Gasteiger partial charge in [-0.1, -0.05) is 44.4 Å². The van der Waals surface area contributed by atoms with Gasteiger partial charge in [-0.25, -0.2) is 0 Å². The van der Waals surface area contributed by atoms with Gasteiger partial charge in [0.15, 0.2) is 0 Å². The van der Waals surface area contributed by atoms with Crippen LogP contribution in [0.3, 0.4) is 0 Å². The third-order valence-electron chi connectivity index (χ3n) is 3.85. The van der Waals surface area contributed by atoms with Crippen molar-refractivity contribution in [3.05, 3.63) is 28.8 Å². The topological polar surface area (TPSA) is 21.3 Å². The third kappa shape index (κ3) is 4.39. The number of nitrogens with one attached hydrogen (secondary N) is 1. The van der Waals surface area contributed by atoms with E-state index in [0.717, 1.165) is 42.3 Å². The molecule has 0 unspecified atom stereocenters. The first kappa shape index (κ1) is 14.7. The van der Waals surface area contributed by atoms with Crippen LogP contribution in [0.4, 0.5) is 0 Å². The van der Waals surface area contributed by atoms with E-state index < -0.39 is 0 Å². The van der Waals surface area contributed by atoms with Gasteiger partial charge >= 0.3 is 0 Å². The van der Waals surface area contributed by atoms with Gasteiger partial charge in [-0.15, -0.1) is 0 Å². The van der Waals surface area contributed by atoms with E-state index in [0.29, 0.717) is 12.0 Å². The molecule has 1 fully saturated rings. The van der Waals surface area contributed by atoms with Gasteiger partial charge in [0.2, 0.25) is 0 Å². The van der Waals surface area contributed by atoms with Crippen molar-refractivity contribution in [3.8, 4) is 5.75 Å². The lowest BCUT2D eigenvalue weighted by Gasteiger charge is -2.17. The normalized spacial score (nSPS) is 14.9. The van der Waals surface area contributed by atoms with Gasteiger partial charge in [0.1, 0.15) is 5.75 Å². The van der Waals surface area contributed by atoms with E-state index in [9.17, 15) is 0 Å². The van der Waals surface area contributed by atoms with Gasteiger partial charge in [-0.3, -0.25) is 0 Å². The molecule has 1 aromatic rings. The minimum Gasteiger partial charge on any atom is -0.493 e. The van der Waals surface area contributed by atoms with Gasteiger partial charge in [0, 0.05) is 23.2 Å². The predicted molar refractivity (Wildman–Crippen MR) is 80.9 cm³/mol. The van der Waals surface area contributed by atoms with Crippen LogP contribution in [-0.2, 0) is 6.54 Å². The number of hydrogen-bond acceptors (Lipinski definition) is 2. The molecule has 2 rings (SSSR count). The van der Waals surface area contributed by atoms with Crippen molar-refractivity contribution >= 4 is 11.6 Å². The monoisotopic (exact) mass is 281 g/mol. The predicted octanol–water partition coefficient (Wildman–Crippen LogP) is 4.41. The Labute approximate surface area is 121 Å². The molecule has 0 saturated heterocycles. The zero-order valence-electron chi connectivity index (χ0n) is 11.9. The summed E-state index contributed by atoms with van der Waals surface area (Å²) in [6.07, 6.45) is 4.89. The molecule has 0 aliphatic heterocycles. The maximum atomic E-state index is 6.30. The molecule has 0 bridgehead atoms. The lowest BCUT2D eigenvalue weighted by atomic mass is 10.1. The molecule has 1 saturated carbocycles. The second-order valence-corrected chi connectivity index (χ2v) is 5.77. The molecule has 2 nitrogen and oxygen atoms in total. The molecule has 0 radical (unpaired) electrons. The number of rotatable bonds is 8. The van der Waals surface area contributed by atoms with Crippen molar-refractivity contribution in [2.45, 2.75) is 52.1 Å². The van der Waals surface area contributed by atoms with Crippen molar-refractivity contribution in [3.63, 3.8) is 0 Å².